The highest BCUT2D eigenvalue weighted by Crippen LogP contribution is 2.30. The Kier molecular flexibility index (Phi) is 12.1. The molecular formula is C28H38FN5O6. The van der Waals surface area contributed by atoms with E-state index >= 15 is 0 Å². The van der Waals surface area contributed by atoms with E-state index in [0.29, 0.717) is 11.3 Å². The van der Waals surface area contributed by atoms with Crippen LogP contribution in [0.3, 0.4) is 0 Å². The highest BCUT2D eigenvalue weighted by molar-refractivity contribution is 5.97. The summed E-state index contributed by atoms with van der Waals surface area (Å²) in [5, 5.41) is 15.8. The fourth-order valence-corrected chi connectivity index (χ4v) is 3.78. The van der Waals surface area contributed by atoms with Crippen molar-refractivity contribution in [2.75, 3.05) is 13.7 Å². The Bertz CT molecular complexity index is 1360. The van der Waals surface area contributed by atoms with E-state index in [4.69, 9.17) is 19.6 Å². The van der Waals surface area contributed by atoms with Gasteiger partial charge in [0, 0.05) is 23.7 Å². The van der Waals surface area contributed by atoms with E-state index in [1.165, 1.54) is 36.1 Å². The van der Waals surface area contributed by atoms with Crippen LogP contribution in [0.15, 0.2) is 39.1 Å². The Balaban J connectivity index is 2.67. The number of nitrogens with one attached hydrogen (secondary N) is 1. The molecule has 0 saturated carbocycles. The normalized spacial score (nSPS) is 13.2. The number of hydrogen-bond acceptors (Lipinski definition) is 8. The second kappa shape index (κ2) is 15.0. The van der Waals surface area contributed by atoms with Crippen LogP contribution in [-0.2, 0) is 27.5 Å². The molecule has 2 rings (SSSR count). The maximum Gasteiger partial charge on any atom is 0.331 e. The summed E-state index contributed by atoms with van der Waals surface area (Å²) in [6.07, 6.45) is 0.275. The Labute approximate surface area is 233 Å². The van der Waals surface area contributed by atoms with E-state index in [0.717, 1.165) is 4.57 Å². The van der Waals surface area contributed by atoms with Crippen LogP contribution >= 0.6 is 0 Å². The first-order valence-electron chi connectivity index (χ1n) is 13.1. The van der Waals surface area contributed by atoms with Crippen molar-refractivity contribution in [1.29, 1.82) is 5.26 Å². The van der Waals surface area contributed by atoms with Gasteiger partial charge in [-0.05, 0) is 45.9 Å². The zero-order chi connectivity index (χ0) is 30.0. The monoisotopic (exact) mass is 559 g/mol. The largest absolute Gasteiger partial charge is 0.496 e. The van der Waals surface area contributed by atoms with Gasteiger partial charge in [-0.25, -0.2) is 9.18 Å². The van der Waals surface area contributed by atoms with Gasteiger partial charge in [-0.3, -0.25) is 18.7 Å². The maximum atomic E-state index is 14.3. The molecular weight excluding hydrogens is 521 g/mol. The van der Waals surface area contributed by atoms with Crippen LogP contribution in [0, 0.1) is 23.1 Å². The average Bonchev–Trinajstić information content (AvgIpc) is 2.90. The molecule has 1 amide bonds. The van der Waals surface area contributed by atoms with Crippen molar-refractivity contribution < 1.29 is 23.5 Å². The zero-order valence-corrected chi connectivity index (χ0v) is 24.1. The number of benzene rings is 1. The first kappa shape index (κ1) is 32.2. The molecule has 1 aromatic heterocycles. The van der Waals surface area contributed by atoms with E-state index in [-0.39, 0.29) is 55.3 Å². The summed E-state index contributed by atoms with van der Waals surface area (Å²) >= 11 is 0. The van der Waals surface area contributed by atoms with Gasteiger partial charge in [0.05, 0.1) is 50.6 Å². The second-order valence-electron chi connectivity index (χ2n) is 9.94. The average molecular weight is 560 g/mol. The standard InChI is InChI=1S/C28H38FN5O6/c1-17(2)26(35)31-19(5)14-34-27(36)23(20(6)32-40-18(3)4)15-33(28(34)37)16-25(39-12-8-11-30)22-13-21(29)9-10-24(22)38-7/h9-10,13,15,17-19,25H,8,12,14,16H2,1-7H3,(H,31,35)/b32-20+/t19-,25?/m0/s1. The molecule has 0 radical (unpaired) electrons. The Morgan fingerprint density at radius 2 is 1.88 bits per heavy atom. The molecule has 1 unspecified atom stereocenters. The van der Waals surface area contributed by atoms with E-state index in [1.54, 1.807) is 41.5 Å². The Hall–Kier alpha value is -3.98. The summed E-state index contributed by atoms with van der Waals surface area (Å²) in [5.74, 6) is -0.703. The second-order valence-corrected chi connectivity index (χ2v) is 9.94. The minimum Gasteiger partial charge on any atom is -0.496 e. The topological polar surface area (TPSA) is 137 Å². The summed E-state index contributed by atoms with van der Waals surface area (Å²) < 4.78 is 27.8. The highest BCUT2D eigenvalue weighted by Gasteiger charge is 2.23. The van der Waals surface area contributed by atoms with Crippen LogP contribution in [0.5, 0.6) is 5.75 Å². The first-order valence-corrected chi connectivity index (χ1v) is 13.1. The fraction of sp³-hybridized carbons (Fsp3) is 0.536. The number of hydrogen-bond donors (Lipinski definition) is 1. The lowest BCUT2D eigenvalue weighted by molar-refractivity contribution is -0.124. The van der Waals surface area contributed by atoms with Gasteiger partial charge in [0.25, 0.3) is 5.56 Å². The molecule has 11 nitrogen and oxygen atoms in total. The number of carbonyl (C=O) groups excluding carboxylic acids is 1. The lowest BCUT2D eigenvalue weighted by Crippen LogP contribution is -2.48. The Morgan fingerprint density at radius 3 is 2.48 bits per heavy atom. The fourth-order valence-electron chi connectivity index (χ4n) is 3.78. The molecule has 1 aromatic carbocycles. The van der Waals surface area contributed by atoms with Crippen molar-refractivity contribution in [3.63, 3.8) is 0 Å². The number of methoxy groups -OCH3 is 1. The lowest BCUT2D eigenvalue weighted by atomic mass is 10.1. The number of ether oxygens (including phenoxy) is 2. The number of carbonyl (C=O) groups is 1. The van der Waals surface area contributed by atoms with Gasteiger partial charge in [-0.15, -0.1) is 0 Å². The summed E-state index contributed by atoms with van der Waals surface area (Å²) in [6, 6.07) is 5.37. The first-order chi connectivity index (χ1) is 18.9. The van der Waals surface area contributed by atoms with Gasteiger partial charge in [0.15, 0.2) is 0 Å². The molecule has 2 atom stereocenters. The number of nitriles is 1. The van der Waals surface area contributed by atoms with Crippen molar-refractivity contribution in [2.45, 2.75) is 79.3 Å². The molecule has 2 aromatic rings. The third-order valence-corrected chi connectivity index (χ3v) is 5.83. The molecule has 0 aliphatic heterocycles. The minimum absolute atomic E-state index is 0.0169. The molecule has 0 aliphatic carbocycles. The summed E-state index contributed by atoms with van der Waals surface area (Å²) in [4.78, 5) is 44.6. The quantitative estimate of drug-likeness (QED) is 0.213. The number of aromatic nitrogens is 2. The minimum atomic E-state index is -0.905. The van der Waals surface area contributed by atoms with Crippen LogP contribution < -0.4 is 21.3 Å². The molecule has 0 saturated heterocycles. The summed E-state index contributed by atoms with van der Waals surface area (Å²) in [5.41, 5.74) is -0.597. The van der Waals surface area contributed by atoms with Gasteiger partial charge in [0.1, 0.15) is 23.8 Å². The van der Waals surface area contributed by atoms with Crippen LogP contribution in [0.2, 0.25) is 0 Å². The van der Waals surface area contributed by atoms with Crippen molar-refractivity contribution in [3.8, 4) is 11.8 Å². The number of oxime groups is 1. The molecule has 0 bridgehead atoms. The molecule has 12 heteroatoms. The van der Waals surface area contributed by atoms with Crippen molar-refractivity contribution >= 4 is 11.6 Å². The predicted octanol–water partition coefficient (Wildman–Crippen LogP) is 3.14. The van der Waals surface area contributed by atoms with Crippen molar-refractivity contribution in [1.82, 2.24) is 14.5 Å². The zero-order valence-electron chi connectivity index (χ0n) is 24.1. The van der Waals surface area contributed by atoms with Crippen LogP contribution in [-0.4, -0.2) is 46.6 Å². The predicted molar refractivity (Wildman–Crippen MR) is 148 cm³/mol. The van der Waals surface area contributed by atoms with Gasteiger partial charge in [-0.2, -0.15) is 5.26 Å². The van der Waals surface area contributed by atoms with E-state index in [2.05, 4.69) is 10.5 Å². The smallest absolute Gasteiger partial charge is 0.331 e. The van der Waals surface area contributed by atoms with E-state index in [9.17, 15) is 18.8 Å². The van der Waals surface area contributed by atoms with Crippen LogP contribution in [0.25, 0.3) is 0 Å². The van der Waals surface area contributed by atoms with Crippen LogP contribution in [0.4, 0.5) is 4.39 Å². The summed E-state index contributed by atoms with van der Waals surface area (Å²) in [7, 11) is 1.43. The number of amides is 1. The molecule has 1 heterocycles. The molecule has 40 heavy (non-hydrogen) atoms. The van der Waals surface area contributed by atoms with Crippen molar-refractivity contribution in [3.05, 3.63) is 62.2 Å². The highest BCUT2D eigenvalue weighted by atomic mass is 19.1. The van der Waals surface area contributed by atoms with Gasteiger partial charge in [0.2, 0.25) is 5.91 Å². The number of halogens is 1. The molecule has 0 aliphatic rings. The van der Waals surface area contributed by atoms with Gasteiger partial charge >= 0.3 is 5.69 Å². The third kappa shape index (κ3) is 8.77. The SMILES string of the molecule is COc1ccc(F)cc1C(Cn1cc(/C(C)=N/OC(C)C)c(=O)n(C[C@H](C)NC(=O)C(C)C)c1=O)OCCC#N. The maximum absolute atomic E-state index is 14.3. The van der Waals surface area contributed by atoms with E-state index in [1.807, 2.05) is 6.07 Å². The van der Waals surface area contributed by atoms with Crippen molar-refractivity contribution in [2.24, 2.45) is 11.1 Å². The Morgan fingerprint density at radius 1 is 1.18 bits per heavy atom. The lowest BCUT2D eigenvalue weighted by Gasteiger charge is -2.23. The van der Waals surface area contributed by atoms with Crippen LogP contribution in [0.1, 0.15) is 65.2 Å². The van der Waals surface area contributed by atoms with E-state index < -0.39 is 29.2 Å². The third-order valence-electron chi connectivity index (χ3n) is 5.83. The molecule has 0 fully saturated rings. The number of rotatable bonds is 14. The summed E-state index contributed by atoms with van der Waals surface area (Å²) in [6.45, 7) is 10.1. The van der Waals surface area contributed by atoms with Gasteiger partial charge < -0.3 is 19.6 Å². The molecule has 0 spiro atoms. The number of nitrogens with zero attached hydrogens (tertiary/aromatic N) is 4. The van der Waals surface area contributed by atoms with Gasteiger partial charge in [-0.1, -0.05) is 19.0 Å². The molecule has 218 valence electrons. The molecule has 1 N–H and O–H groups in total.